The van der Waals surface area contributed by atoms with E-state index in [1.54, 1.807) is 12.1 Å². The van der Waals surface area contributed by atoms with Crippen molar-refractivity contribution in [2.75, 3.05) is 32.8 Å². The monoisotopic (exact) mass is 406 g/mol. The standard InChI is InChI=1S/C22H28F2N2O3/c1-2-29-21-5-3-4-17(22(21)28)14-25-9-10-26(18(15-25)8-11-27)13-16-6-7-19(23)20(24)12-16/h3-7,12,18,27-28H,2,8-11,13-15H2,1H3. The van der Waals surface area contributed by atoms with E-state index in [4.69, 9.17) is 4.74 Å². The van der Waals surface area contributed by atoms with Gasteiger partial charge in [-0.25, -0.2) is 8.78 Å². The first kappa shape index (κ1) is 21.5. The van der Waals surface area contributed by atoms with E-state index in [-0.39, 0.29) is 18.4 Å². The van der Waals surface area contributed by atoms with Crippen LogP contribution in [0.1, 0.15) is 24.5 Å². The lowest BCUT2D eigenvalue weighted by atomic mass is 10.1. The van der Waals surface area contributed by atoms with Gasteiger partial charge in [0.05, 0.1) is 6.61 Å². The van der Waals surface area contributed by atoms with Crippen molar-refractivity contribution in [3.05, 3.63) is 59.2 Å². The molecule has 3 rings (SSSR count). The van der Waals surface area contributed by atoms with E-state index in [1.165, 1.54) is 6.07 Å². The second-order valence-corrected chi connectivity index (χ2v) is 7.32. The minimum absolute atomic E-state index is 0.0534. The average molecular weight is 406 g/mol. The predicted octanol–water partition coefficient (Wildman–Crippen LogP) is 3.14. The van der Waals surface area contributed by atoms with Crippen LogP contribution in [0.4, 0.5) is 8.78 Å². The van der Waals surface area contributed by atoms with Crippen LogP contribution in [-0.4, -0.2) is 58.9 Å². The van der Waals surface area contributed by atoms with E-state index in [0.29, 0.717) is 44.0 Å². The summed E-state index contributed by atoms with van der Waals surface area (Å²) in [4.78, 5) is 4.42. The molecule has 0 aliphatic carbocycles. The highest BCUT2D eigenvalue weighted by Gasteiger charge is 2.27. The summed E-state index contributed by atoms with van der Waals surface area (Å²) in [6.45, 7) is 5.70. The Morgan fingerprint density at radius 1 is 1.10 bits per heavy atom. The number of phenols is 1. The molecule has 1 fully saturated rings. The van der Waals surface area contributed by atoms with Crippen LogP contribution in [0.25, 0.3) is 0 Å². The number of rotatable bonds is 8. The zero-order valence-corrected chi connectivity index (χ0v) is 16.7. The van der Waals surface area contributed by atoms with Gasteiger partial charge in [0.15, 0.2) is 23.1 Å². The number of aliphatic hydroxyl groups is 1. The maximum atomic E-state index is 13.5. The second kappa shape index (κ2) is 10.0. The number of aliphatic hydroxyl groups excluding tert-OH is 1. The van der Waals surface area contributed by atoms with Crippen LogP contribution in [0.5, 0.6) is 11.5 Å². The minimum Gasteiger partial charge on any atom is -0.504 e. The fourth-order valence-electron chi connectivity index (χ4n) is 3.81. The summed E-state index contributed by atoms with van der Waals surface area (Å²) in [5.41, 5.74) is 1.51. The van der Waals surface area contributed by atoms with Crippen LogP contribution in [0, 0.1) is 11.6 Å². The summed E-state index contributed by atoms with van der Waals surface area (Å²) < 4.78 is 32.2. The van der Waals surface area contributed by atoms with Crippen molar-refractivity contribution in [2.45, 2.75) is 32.5 Å². The molecule has 1 saturated heterocycles. The molecule has 7 heteroatoms. The van der Waals surface area contributed by atoms with Crippen LogP contribution < -0.4 is 4.74 Å². The molecule has 1 aliphatic rings. The molecule has 158 valence electrons. The molecule has 2 aromatic rings. The number of halogens is 2. The molecule has 0 amide bonds. The van der Waals surface area contributed by atoms with Gasteiger partial charge in [0.2, 0.25) is 0 Å². The molecule has 0 bridgehead atoms. The van der Waals surface area contributed by atoms with E-state index >= 15 is 0 Å². The molecule has 29 heavy (non-hydrogen) atoms. The summed E-state index contributed by atoms with van der Waals surface area (Å²) >= 11 is 0. The number of hydrogen-bond acceptors (Lipinski definition) is 5. The lowest BCUT2D eigenvalue weighted by Crippen LogP contribution is -2.52. The summed E-state index contributed by atoms with van der Waals surface area (Å²) in [5.74, 6) is -1.05. The van der Waals surface area contributed by atoms with Gasteiger partial charge in [-0.15, -0.1) is 0 Å². The Labute approximate surface area is 170 Å². The third kappa shape index (κ3) is 5.44. The predicted molar refractivity (Wildman–Crippen MR) is 107 cm³/mol. The largest absolute Gasteiger partial charge is 0.504 e. The van der Waals surface area contributed by atoms with Crippen molar-refractivity contribution in [3.63, 3.8) is 0 Å². The van der Waals surface area contributed by atoms with Gasteiger partial charge in [-0.3, -0.25) is 9.80 Å². The number of phenolic OH excluding ortho intramolecular Hbond substituents is 1. The fraction of sp³-hybridized carbons (Fsp3) is 0.455. The first-order chi connectivity index (χ1) is 14.0. The molecule has 1 heterocycles. The molecular weight excluding hydrogens is 378 g/mol. The van der Waals surface area contributed by atoms with E-state index in [0.717, 1.165) is 24.7 Å². The van der Waals surface area contributed by atoms with Crippen molar-refractivity contribution in [2.24, 2.45) is 0 Å². The summed E-state index contributed by atoms with van der Waals surface area (Å²) in [5, 5.41) is 19.9. The summed E-state index contributed by atoms with van der Waals surface area (Å²) in [6, 6.07) is 9.55. The Morgan fingerprint density at radius 3 is 2.66 bits per heavy atom. The maximum absolute atomic E-state index is 13.5. The molecule has 1 unspecified atom stereocenters. The molecule has 1 atom stereocenters. The van der Waals surface area contributed by atoms with Gasteiger partial charge in [0.1, 0.15) is 0 Å². The van der Waals surface area contributed by atoms with Gasteiger partial charge in [-0.2, -0.15) is 0 Å². The zero-order valence-electron chi connectivity index (χ0n) is 16.7. The van der Waals surface area contributed by atoms with E-state index in [2.05, 4.69) is 9.80 Å². The van der Waals surface area contributed by atoms with E-state index in [1.807, 2.05) is 19.1 Å². The molecule has 1 aliphatic heterocycles. The van der Waals surface area contributed by atoms with Crippen LogP contribution in [-0.2, 0) is 13.1 Å². The van der Waals surface area contributed by atoms with Crippen LogP contribution in [0.3, 0.4) is 0 Å². The number of hydrogen-bond donors (Lipinski definition) is 2. The lowest BCUT2D eigenvalue weighted by Gasteiger charge is -2.41. The molecule has 0 radical (unpaired) electrons. The highest BCUT2D eigenvalue weighted by molar-refractivity contribution is 5.45. The zero-order chi connectivity index (χ0) is 20.8. The van der Waals surface area contributed by atoms with Gasteiger partial charge in [0, 0.05) is 50.9 Å². The van der Waals surface area contributed by atoms with Crippen molar-refractivity contribution in [3.8, 4) is 11.5 Å². The number of nitrogens with zero attached hydrogens (tertiary/aromatic N) is 2. The normalized spacial score (nSPS) is 18.1. The lowest BCUT2D eigenvalue weighted by molar-refractivity contribution is 0.0495. The van der Waals surface area contributed by atoms with E-state index < -0.39 is 11.6 Å². The van der Waals surface area contributed by atoms with Crippen LogP contribution in [0.2, 0.25) is 0 Å². The Morgan fingerprint density at radius 2 is 1.93 bits per heavy atom. The highest BCUT2D eigenvalue weighted by atomic mass is 19.2. The number of ether oxygens (including phenoxy) is 1. The smallest absolute Gasteiger partial charge is 0.162 e. The topological polar surface area (TPSA) is 56.2 Å². The Bertz CT molecular complexity index is 819. The first-order valence-electron chi connectivity index (χ1n) is 9.96. The highest BCUT2D eigenvalue weighted by Crippen LogP contribution is 2.31. The molecular formula is C22H28F2N2O3. The molecule has 2 N–H and O–H groups in total. The summed E-state index contributed by atoms with van der Waals surface area (Å²) in [7, 11) is 0. The second-order valence-electron chi connectivity index (χ2n) is 7.32. The Hall–Kier alpha value is -2.22. The first-order valence-corrected chi connectivity index (χ1v) is 9.96. The summed E-state index contributed by atoms with van der Waals surface area (Å²) in [6.07, 6.45) is 0.588. The van der Waals surface area contributed by atoms with Crippen LogP contribution >= 0.6 is 0 Å². The number of piperazine rings is 1. The maximum Gasteiger partial charge on any atom is 0.162 e. The number of benzene rings is 2. The van der Waals surface area contributed by atoms with Crippen LogP contribution in [0.15, 0.2) is 36.4 Å². The Kier molecular flexibility index (Phi) is 7.41. The van der Waals surface area contributed by atoms with Gasteiger partial charge in [-0.1, -0.05) is 18.2 Å². The van der Waals surface area contributed by atoms with Gasteiger partial charge < -0.3 is 14.9 Å². The molecule has 0 spiro atoms. The van der Waals surface area contributed by atoms with E-state index in [9.17, 15) is 19.0 Å². The average Bonchev–Trinajstić information content (AvgIpc) is 2.70. The third-order valence-electron chi connectivity index (χ3n) is 5.30. The number of aromatic hydroxyl groups is 1. The SMILES string of the molecule is CCOc1cccc(CN2CCN(Cc3ccc(F)c(F)c3)C(CCO)C2)c1O. The van der Waals surface area contributed by atoms with Gasteiger partial charge in [-0.05, 0) is 37.1 Å². The quantitative estimate of drug-likeness (QED) is 0.706. The fourth-order valence-corrected chi connectivity index (χ4v) is 3.81. The van der Waals surface area contributed by atoms with Crippen molar-refractivity contribution < 1.29 is 23.7 Å². The van der Waals surface area contributed by atoms with Crippen molar-refractivity contribution in [1.29, 1.82) is 0 Å². The van der Waals surface area contributed by atoms with Gasteiger partial charge >= 0.3 is 0 Å². The van der Waals surface area contributed by atoms with Crippen molar-refractivity contribution in [1.82, 2.24) is 9.80 Å². The Balaban J connectivity index is 1.67. The third-order valence-corrected chi connectivity index (χ3v) is 5.30. The van der Waals surface area contributed by atoms with Crippen molar-refractivity contribution >= 4 is 0 Å². The molecule has 0 saturated carbocycles. The molecule has 2 aromatic carbocycles. The number of para-hydroxylation sites is 1. The molecule has 0 aromatic heterocycles. The van der Waals surface area contributed by atoms with Gasteiger partial charge in [0.25, 0.3) is 0 Å². The minimum atomic E-state index is -0.848. The molecule has 5 nitrogen and oxygen atoms in total.